The molecule has 2 rings (SSSR count). The molecule has 2 nitrogen and oxygen atoms in total. The van der Waals surface area contributed by atoms with Crippen LogP contribution in [-0.4, -0.2) is 4.98 Å². The van der Waals surface area contributed by atoms with Crippen molar-refractivity contribution in [3.8, 4) is 11.5 Å². The van der Waals surface area contributed by atoms with E-state index in [1.165, 1.54) is 12.1 Å². The van der Waals surface area contributed by atoms with Crippen LogP contribution < -0.4 is 4.74 Å². The van der Waals surface area contributed by atoms with E-state index in [0.29, 0.717) is 16.1 Å². The fourth-order valence-corrected chi connectivity index (χ4v) is 2.05. The van der Waals surface area contributed by atoms with Gasteiger partial charge in [0.05, 0.1) is 0 Å². The molecule has 1 heterocycles. The number of aryl methyl sites for hydroxylation is 2. The smallest absolute Gasteiger partial charge is 0.255 e. The van der Waals surface area contributed by atoms with Gasteiger partial charge in [0.15, 0.2) is 0 Å². The molecule has 2 aromatic rings. The quantitative estimate of drug-likeness (QED) is 0.592. The Morgan fingerprint density at radius 1 is 0.900 bits per heavy atom. The van der Waals surface area contributed by atoms with Crippen LogP contribution in [0.5, 0.6) is 11.5 Å². The van der Waals surface area contributed by atoms with Crippen LogP contribution in [0.1, 0.15) is 11.1 Å². The molecular weight excluding hydrogens is 298 g/mol. The molecule has 0 saturated carbocycles. The van der Waals surface area contributed by atoms with Crippen LogP contribution in [0.25, 0.3) is 0 Å². The largest absolute Gasteiger partial charge is 0.450 e. The summed E-state index contributed by atoms with van der Waals surface area (Å²) in [6.07, 6.45) is 0. The molecule has 1 aromatic carbocycles. The highest BCUT2D eigenvalue weighted by atomic mass is 35.5. The van der Waals surface area contributed by atoms with Crippen molar-refractivity contribution in [2.45, 2.75) is 13.8 Å². The minimum absolute atomic E-state index is 0.0669. The SMILES string of the molecule is Cc1cc(Cl)cc(C)c1Oc1c(F)c(F)nc(F)c1F. The van der Waals surface area contributed by atoms with E-state index in [2.05, 4.69) is 4.98 Å². The number of rotatable bonds is 2. The molecule has 0 bridgehead atoms. The first-order valence-electron chi connectivity index (χ1n) is 5.46. The fraction of sp³-hybridized carbons (Fsp3) is 0.154. The molecule has 0 aliphatic rings. The van der Waals surface area contributed by atoms with Gasteiger partial charge in [-0.15, -0.1) is 0 Å². The summed E-state index contributed by atoms with van der Waals surface area (Å²) < 4.78 is 57.9. The summed E-state index contributed by atoms with van der Waals surface area (Å²) in [4.78, 5) is 2.45. The zero-order valence-corrected chi connectivity index (χ0v) is 11.2. The number of hydrogen-bond donors (Lipinski definition) is 0. The molecule has 0 N–H and O–H groups in total. The van der Waals surface area contributed by atoms with Crippen molar-refractivity contribution in [2.75, 3.05) is 0 Å². The van der Waals surface area contributed by atoms with Crippen LogP contribution in [0.2, 0.25) is 5.02 Å². The minimum Gasteiger partial charge on any atom is -0.450 e. The van der Waals surface area contributed by atoms with Crippen LogP contribution in [0.15, 0.2) is 12.1 Å². The summed E-state index contributed by atoms with van der Waals surface area (Å²) in [7, 11) is 0. The Balaban J connectivity index is 2.56. The van der Waals surface area contributed by atoms with Crippen molar-refractivity contribution in [1.82, 2.24) is 4.98 Å². The van der Waals surface area contributed by atoms with E-state index in [1.54, 1.807) is 13.8 Å². The molecule has 106 valence electrons. The third-order valence-electron chi connectivity index (χ3n) is 2.59. The maximum atomic E-state index is 13.5. The van der Waals surface area contributed by atoms with E-state index >= 15 is 0 Å². The van der Waals surface area contributed by atoms with Gasteiger partial charge in [0, 0.05) is 5.02 Å². The Morgan fingerprint density at radius 2 is 1.35 bits per heavy atom. The molecule has 0 radical (unpaired) electrons. The van der Waals surface area contributed by atoms with Crippen molar-refractivity contribution in [3.05, 3.63) is 51.8 Å². The monoisotopic (exact) mass is 305 g/mol. The molecule has 0 spiro atoms. The highest BCUT2D eigenvalue weighted by Gasteiger charge is 2.23. The average molecular weight is 306 g/mol. The van der Waals surface area contributed by atoms with Gasteiger partial charge in [0.25, 0.3) is 11.9 Å². The van der Waals surface area contributed by atoms with Crippen molar-refractivity contribution in [1.29, 1.82) is 0 Å². The van der Waals surface area contributed by atoms with Crippen molar-refractivity contribution < 1.29 is 22.3 Å². The highest BCUT2D eigenvalue weighted by molar-refractivity contribution is 6.30. The topological polar surface area (TPSA) is 22.1 Å². The normalized spacial score (nSPS) is 10.8. The number of pyridine rings is 1. The Bertz CT molecular complexity index is 641. The third kappa shape index (κ3) is 2.56. The summed E-state index contributed by atoms with van der Waals surface area (Å²) in [5.74, 6) is -8.05. The summed E-state index contributed by atoms with van der Waals surface area (Å²) in [5.41, 5.74) is 0.929. The van der Waals surface area contributed by atoms with Crippen LogP contribution in [-0.2, 0) is 0 Å². The van der Waals surface area contributed by atoms with Gasteiger partial charge in [-0.25, -0.2) is 0 Å². The van der Waals surface area contributed by atoms with Gasteiger partial charge in [-0.1, -0.05) is 11.6 Å². The lowest BCUT2D eigenvalue weighted by atomic mass is 10.1. The van der Waals surface area contributed by atoms with E-state index in [-0.39, 0.29) is 5.75 Å². The van der Waals surface area contributed by atoms with Gasteiger partial charge in [-0.2, -0.15) is 22.5 Å². The Kier molecular flexibility index (Phi) is 3.85. The molecule has 0 aliphatic heterocycles. The zero-order chi connectivity index (χ0) is 15.0. The average Bonchev–Trinajstić information content (AvgIpc) is 2.34. The second-order valence-corrected chi connectivity index (χ2v) is 4.56. The van der Waals surface area contributed by atoms with E-state index in [9.17, 15) is 17.6 Å². The van der Waals surface area contributed by atoms with Gasteiger partial charge in [-0.3, -0.25) is 0 Å². The number of hydrogen-bond acceptors (Lipinski definition) is 2. The number of nitrogens with zero attached hydrogens (tertiary/aromatic N) is 1. The lowest BCUT2D eigenvalue weighted by Crippen LogP contribution is -2.04. The van der Waals surface area contributed by atoms with E-state index in [4.69, 9.17) is 16.3 Å². The first-order valence-corrected chi connectivity index (χ1v) is 5.83. The number of benzene rings is 1. The summed E-state index contributed by atoms with van der Waals surface area (Å²) >= 11 is 5.80. The fourth-order valence-electron chi connectivity index (χ4n) is 1.72. The van der Waals surface area contributed by atoms with Gasteiger partial charge >= 0.3 is 0 Å². The Labute approximate surface area is 117 Å². The van der Waals surface area contributed by atoms with Crippen molar-refractivity contribution in [2.24, 2.45) is 0 Å². The highest BCUT2D eigenvalue weighted by Crippen LogP contribution is 2.34. The molecule has 20 heavy (non-hydrogen) atoms. The van der Waals surface area contributed by atoms with Crippen LogP contribution in [0, 0.1) is 37.4 Å². The molecule has 0 saturated heterocycles. The molecule has 0 unspecified atom stereocenters. The maximum absolute atomic E-state index is 13.5. The Hall–Kier alpha value is -1.82. The predicted molar refractivity (Wildman–Crippen MR) is 65.1 cm³/mol. The molecule has 1 aromatic heterocycles. The molecule has 0 fully saturated rings. The molecule has 0 aliphatic carbocycles. The predicted octanol–water partition coefficient (Wildman–Crippen LogP) is 4.70. The third-order valence-corrected chi connectivity index (χ3v) is 2.80. The van der Waals surface area contributed by atoms with Crippen LogP contribution in [0.3, 0.4) is 0 Å². The van der Waals surface area contributed by atoms with Gasteiger partial charge in [0.1, 0.15) is 5.75 Å². The molecule has 0 amide bonds. The molecule has 7 heteroatoms. The first kappa shape index (κ1) is 14.6. The van der Waals surface area contributed by atoms with Gasteiger partial charge in [-0.05, 0) is 37.1 Å². The van der Waals surface area contributed by atoms with E-state index in [1.807, 2.05) is 0 Å². The number of ether oxygens (including phenoxy) is 1. The molecular formula is C13H8ClF4NO. The van der Waals surface area contributed by atoms with Gasteiger partial charge in [0.2, 0.25) is 17.4 Å². The summed E-state index contributed by atoms with van der Waals surface area (Å²) in [5, 5.41) is 0.403. The first-order chi connectivity index (χ1) is 9.31. The second kappa shape index (κ2) is 5.28. The minimum atomic E-state index is -1.77. The van der Waals surface area contributed by atoms with Crippen LogP contribution in [0.4, 0.5) is 17.6 Å². The van der Waals surface area contributed by atoms with E-state index < -0.39 is 29.3 Å². The Morgan fingerprint density at radius 3 is 1.80 bits per heavy atom. The van der Waals surface area contributed by atoms with Crippen molar-refractivity contribution in [3.63, 3.8) is 0 Å². The van der Waals surface area contributed by atoms with E-state index in [0.717, 1.165) is 0 Å². The summed E-state index contributed by atoms with van der Waals surface area (Å²) in [6.45, 7) is 3.16. The second-order valence-electron chi connectivity index (χ2n) is 4.12. The number of aromatic nitrogens is 1. The summed E-state index contributed by atoms with van der Waals surface area (Å²) in [6, 6.07) is 2.99. The number of halogens is 5. The maximum Gasteiger partial charge on any atom is 0.255 e. The van der Waals surface area contributed by atoms with Crippen molar-refractivity contribution >= 4 is 11.6 Å². The van der Waals surface area contributed by atoms with Gasteiger partial charge < -0.3 is 4.74 Å². The van der Waals surface area contributed by atoms with Crippen LogP contribution >= 0.6 is 11.6 Å². The lowest BCUT2D eigenvalue weighted by Gasteiger charge is -2.13. The molecule has 0 atom stereocenters. The lowest BCUT2D eigenvalue weighted by molar-refractivity contribution is 0.341. The zero-order valence-electron chi connectivity index (χ0n) is 10.4. The standard InChI is InChI=1S/C13H8ClF4NO/c1-5-3-7(14)4-6(2)10(5)20-11-8(15)12(17)19-13(18)9(11)16/h3-4H,1-2H3.